The standard InChI is InChI=1S/C30H30BrN3O9S/c1-17(35)39-15-25-26(40-18(2)36)27(41-19(3)37)28(42-20(4)38)29(43-25)34-24(22-8-6-5-7-9-22)16-44-30(34)33-32-14-21-10-12-23(31)13-11-21/h5-14,16,25-29H,15H2,1-4H3/b32-14+,33-30-/t25-,26-,27+,28-,29-/m1/s1. The van der Waals surface area contributed by atoms with Gasteiger partial charge in [-0.3, -0.25) is 23.7 Å². The molecule has 44 heavy (non-hydrogen) atoms. The van der Waals surface area contributed by atoms with Crippen LogP contribution in [-0.2, 0) is 42.9 Å². The maximum Gasteiger partial charge on any atom is 0.303 e. The molecule has 0 radical (unpaired) electrons. The quantitative estimate of drug-likeness (QED) is 0.140. The Morgan fingerprint density at radius 3 is 2.09 bits per heavy atom. The highest BCUT2D eigenvalue weighted by Gasteiger charge is 2.53. The van der Waals surface area contributed by atoms with E-state index in [1.54, 1.807) is 10.8 Å². The van der Waals surface area contributed by atoms with Crippen LogP contribution in [0.15, 0.2) is 74.7 Å². The summed E-state index contributed by atoms with van der Waals surface area (Å²) < 4.78 is 31.1. The van der Waals surface area contributed by atoms with Gasteiger partial charge in [0.2, 0.25) is 4.80 Å². The summed E-state index contributed by atoms with van der Waals surface area (Å²) in [6.45, 7) is 4.40. The molecular formula is C30H30BrN3O9S. The fourth-order valence-electron chi connectivity index (χ4n) is 4.57. The van der Waals surface area contributed by atoms with Crippen LogP contribution in [0.4, 0.5) is 0 Å². The lowest BCUT2D eigenvalue weighted by Gasteiger charge is -2.45. The zero-order chi connectivity index (χ0) is 31.8. The third kappa shape index (κ3) is 8.49. The Bertz CT molecular complexity index is 1590. The topological polar surface area (TPSA) is 144 Å². The van der Waals surface area contributed by atoms with Crippen LogP contribution in [0.1, 0.15) is 39.5 Å². The molecule has 0 N–H and O–H groups in total. The van der Waals surface area contributed by atoms with Gasteiger partial charge in [0.25, 0.3) is 0 Å². The van der Waals surface area contributed by atoms with Crippen molar-refractivity contribution in [1.82, 2.24) is 4.57 Å². The Morgan fingerprint density at radius 1 is 0.864 bits per heavy atom. The molecule has 1 aliphatic rings. The molecule has 4 rings (SSSR count). The summed E-state index contributed by atoms with van der Waals surface area (Å²) in [6, 6.07) is 16.8. The first-order valence-corrected chi connectivity index (χ1v) is 15.1. The Labute approximate surface area is 265 Å². The molecule has 0 spiro atoms. The van der Waals surface area contributed by atoms with Gasteiger partial charge in [-0.2, -0.15) is 5.10 Å². The van der Waals surface area contributed by atoms with E-state index in [9.17, 15) is 19.2 Å². The van der Waals surface area contributed by atoms with E-state index >= 15 is 0 Å². The fraction of sp³-hybridized carbons (Fsp3) is 0.333. The SMILES string of the molecule is CC(=O)OC[C@H]1O[C@@H](n2c(-c3ccccc3)cs/c2=N\N=C\c2ccc(Br)cc2)[C@H](OC(C)=O)[C@@H](OC(C)=O)[C@@H]1OC(C)=O. The van der Waals surface area contributed by atoms with Crippen molar-refractivity contribution >= 4 is 57.4 Å². The number of rotatable bonds is 9. The summed E-state index contributed by atoms with van der Waals surface area (Å²) >= 11 is 4.65. The van der Waals surface area contributed by atoms with Crippen molar-refractivity contribution in [2.24, 2.45) is 10.2 Å². The predicted molar refractivity (Wildman–Crippen MR) is 162 cm³/mol. The van der Waals surface area contributed by atoms with Crippen LogP contribution in [0.5, 0.6) is 0 Å². The van der Waals surface area contributed by atoms with Gasteiger partial charge >= 0.3 is 23.9 Å². The van der Waals surface area contributed by atoms with E-state index in [0.29, 0.717) is 10.5 Å². The van der Waals surface area contributed by atoms with E-state index in [-0.39, 0.29) is 6.61 Å². The highest BCUT2D eigenvalue weighted by atomic mass is 79.9. The Hall–Kier alpha value is -4.14. The van der Waals surface area contributed by atoms with Gasteiger partial charge in [0.1, 0.15) is 12.7 Å². The van der Waals surface area contributed by atoms with Crippen LogP contribution in [-0.4, -0.2) is 65.7 Å². The number of carbonyl (C=O) groups is 4. The normalized spacial score (nSPS) is 21.9. The summed E-state index contributed by atoms with van der Waals surface area (Å²) in [5.41, 5.74) is 2.19. The van der Waals surface area contributed by atoms with Crippen molar-refractivity contribution in [3.8, 4) is 11.3 Å². The van der Waals surface area contributed by atoms with Gasteiger partial charge in [-0.1, -0.05) is 58.4 Å². The molecular weight excluding hydrogens is 658 g/mol. The molecule has 3 aromatic rings. The van der Waals surface area contributed by atoms with Crippen LogP contribution < -0.4 is 4.80 Å². The second-order valence-electron chi connectivity index (χ2n) is 9.63. The molecule has 14 heteroatoms. The van der Waals surface area contributed by atoms with Crippen LogP contribution in [0.2, 0.25) is 0 Å². The summed E-state index contributed by atoms with van der Waals surface area (Å²) in [5, 5.41) is 10.6. The summed E-state index contributed by atoms with van der Waals surface area (Å²) in [7, 11) is 0. The first-order valence-electron chi connectivity index (χ1n) is 13.4. The fourth-order valence-corrected chi connectivity index (χ4v) is 5.71. The second-order valence-corrected chi connectivity index (χ2v) is 11.4. The van der Waals surface area contributed by atoms with Crippen molar-refractivity contribution in [2.75, 3.05) is 6.61 Å². The maximum atomic E-state index is 12.4. The third-order valence-corrected chi connectivity index (χ3v) is 7.61. The third-order valence-electron chi connectivity index (χ3n) is 6.25. The zero-order valence-electron chi connectivity index (χ0n) is 24.2. The van der Waals surface area contributed by atoms with E-state index in [1.807, 2.05) is 60.0 Å². The van der Waals surface area contributed by atoms with E-state index < -0.39 is 54.5 Å². The minimum absolute atomic E-state index is 0.345. The molecule has 2 heterocycles. The molecule has 1 fully saturated rings. The van der Waals surface area contributed by atoms with Crippen molar-refractivity contribution in [2.45, 2.75) is 58.3 Å². The lowest BCUT2D eigenvalue weighted by Crippen LogP contribution is -2.61. The first-order chi connectivity index (χ1) is 21.0. The monoisotopic (exact) mass is 687 g/mol. The molecule has 12 nitrogen and oxygen atoms in total. The molecule has 2 aromatic carbocycles. The smallest absolute Gasteiger partial charge is 0.303 e. The lowest BCUT2D eigenvalue weighted by molar-refractivity contribution is -0.268. The van der Waals surface area contributed by atoms with Gasteiger partial charge in [-0.25, -0.2) is 0 Å². The van der Waals surface area contributed by atoms with Gasteiger partial charge in [0, 0.05) is 37.5 Å². The summed E-state index contributed by atoms with van der Waals surface area (Å²) in [6.07, 6.45) is -4.69. The van der Waals surface area contributed by atoms with E-state index in [2.05, 4.69) is 26.1 Å². The van der Waals surface area contributed by atoms with Crippen LogP contribution >= 0.6 is 27.3 Å². The highest BCUT2D eigenvalue weighted by molar-refractivity contribution is 9.10. The predicted octanol–water partition coefficient (Wildman–Crippen LogP) is 4.17. The Kier molecular flexibility index (Phi) is 11.2. The van der Waals surface area contributed by atoms with Crippen LogP contribution in [0, 0.1) is 0 Å². The molecule has 1 saturated heterocycles. The van der Waals surface area contributed by atoms with Crippen molar-refractivity contribution in [1.29, 1.82) is 0 Å². The number of aromatic nitrogens is 1. The summed E-state index contributed by atoms with van der Waals surface area (Å²) in [4.78, 5) is 49.0. The molecule has 0 amide bonds. The number of hydrogen-bond donors (Lipinski definition) is 0. The van der Waals surface area contributed by atoms with Crippen molar-refractivity contribution in [3.05, 3.63) is 74.8 Å². The van der Waals surface area contributed by atoms with Gasteiger partial charge in [0.15, 0.2) is 24.5 Å². The molecule has 0 bridgehead atoms. The van der Waals surface area contributed by atoms with E-state index in [1.165, 1.54) is 39.0 Å². The van der Waals surface area contributed by atoms with Gasteiger partial charge in [-0.15, -0.1) is 16.4 Å². The highest BCUT2D eigenvalue weighted by Crippen LogP contribution is 2.37. The Balaban J connectivity index is 1.91. The second kappa shape index (κ2) is 15.0. The minimum Gasteiger partial charge on any atom is -0.463 e. The molecule has 0 saturated carbocycles. The van der Waals surface area contributed by atoms with Crippen LogP contribution in [0.3, 0.4) is 0 Å². The van der Waals surface area contributed by atoms with Crippen LogP contribution in [0.25, 0.3) is 11.3 Å². The van der Waals surface area contributed by atoms with Crippen molar-refractivity contribution in [3.63, 3.8) is 0 Å². The van der Waals surface area contributed by atoms with E-state index in [0.717, 1.165) is 15.6 Å². The number of thiazole rings is 1. The maximum absolute atomic E-state index is 12.4. The summed E-state index contributed by atoms with van der Waals surface area (Å²) in [5.74, 6) is -2.75. The zero-order valence-corrected chi connectivity index (χ0v) is 26.6. The molecule has 1 aromatic heterocycles. The minimum atomic E-state index is -1.34. The largest absolute Gasteiger partial charge is 0.463 e. The molecule has 0 aliphatic carbocycles. The number of esters is 4. The number of benzene rings is 2. The van der Waals surface area contributed by atoms with E-state index in [4.69, 9.17) is 23.7 Å². The number of hydrogen-bond acceptors (Lipinski definition) is 12. The number of halogens is 1. The van der Waals surface area contributed by atoms with Gasteiger partial charge in [-0.05, 0) is 23.3 Å². The number of ether oxygens (including phenoxy) is 5. The Morgan fingerprint density at radius 2 is 1.48 bits per heavy atom. The molecule has 5 atom stereocenters. The number of carbonyl (C=O) groups excluding carboxylic acids is 4. The lowest BCUT2D eigenvalue weighted by atomic mass is 9.96. The first kappa shape index (κ1) is 32.8. The average molecular weight is 689 g/mol. The van der Waals surface area contributed by atoms with Crippen molar-refractivity contribution < 1.29 is 42.9 Å². The molecule has 232 valence electrons. The molecule has 0 unspecified atom stereocenters. The van der Waals surface area contributed by atoms with Gasteiger partial charge in [0.05, 0.1) is 11.9 Å². The average Bonchev–Trinajstić information content (AvgIpc) is 3.38. The van der Waals surface area contributed by atoms with Gasteiger partial charge < -0.3 is 23.7 Å². The number of nitrogens with zero attached hydrogens (tertiary/aromatic N) is 3. The molecule has 1 aliphatic heterocycles.